The molecular formula is C22H45NO. The predicted molar refractivity (Wildman–Crippen MR) is 106 cm³/mol. The summed E-state index contributed by atoms with van der Waals surface area (Å²) in [5.41, 5.74) is 0. The second kappa shape index (κ2) is 16.4. The normalized spacial score (nSPS) is 17.2. The maximum absolute atomic E-state index is 12.0. The van der Waals surface area contributed by atoms with Gasteiger partial charge in [-0.15, -0.1) is 0 Å². The Kier molecular flexibility index (Phi) is 15.0. The minimum absolute atomic E-state index is 0.546. The third-order valence-corrected chi connectivity index (χ3v) is 5.80. The number of hydroxylamine groups is 2. The Morgan fingerprint density at radius 2 is 1.12 bits per heavy atom. The second-order valence-electron chi connectivity index (χ2n) is 8.24. The number of nitrogens with one attached hydrogen (secondary N) is 1. The third-order valence-electron chi connectivity index (χ3n) is 5.80. The van der Waals surface area contributed by atoms with Crippen LogP contribution in [0.4, 0.5) is 0 Å². The highest BCUT2D eigenvalue weighted by Crippen LogP contribution is 2.22. The van der Waals surface area contributed by atoms with E-state index in [2.05, 4.69) is 6.92 Å². The van der Waals surface area contributed by atoms with Crippen LogP contribution in [0.2, 0.25) is 0 Å². The first-order valence-corrected chi connectivity index (χ1v) is 11.3. The van der Waals surface area contributed by atoms with Crippen LogP contribution in [0.15, 0.2) is 0 Å². The van der Waals surface area contributed by atoms with Crippen LogP contribution < -0.4 is 5.06 Å². The summed E-state index contributed by atoms with van der Waals surface area (Å²) >= 11 is 0. The summed E-state index contributed by atoms with van der Waals surface area (Å²) in [5.74, 6) is 0.730. The van der Waals surface area contributed by atoms with Crippen molar-refractivity contribution in [2.45, 2.75) is 122 Å². The first-order chi connectivity index (χ1) is 11.8. The van der Waals surface area contributed by atoms with Gasteiger partial charge in [-0.1, -0.05) is 96.8 Å². The summed E-state index contributed by atoms with van der Waals surface area (Å²) < 4.78 is 0. The van der Waals surface area contributed by atoms with Crippen LogP contribution in [0.5, 0.6) is 0 Å². The van der Waals surface area contributed by atoms with E-state index in [0.29, 0.717) is 5.06 Å². The molecule has 0 aliphatic heterocycles. The zero-order chi connectivity index (χ0) is 17.3. The second-order valence-corrected chi connectivity index (χ2v) is 8.24. The van der Waals surface area contributed by atoms with Gasteiger partial charge in [0.05, 0.1) is 13.1 Å². The third kappa shape index (κ3) is 13.2. The van der Waals surface area contributed by atoms with Crippen molar-refractivity contribution in [3.05, 3.63) is 5.21 Å². The number of rotatable bonds is 16. The molecule has 2 heteroatoms. The fourth-order valence-corrected chi connectivity index (χ4v) is 4.16. The Morgan fingerprint density at radius 1 is 0.667 bits per heavy atom. The van der Waals surface area contributed by atoms with E-state index in [1.807, 2.05) is 0 Å². The van der Waals surface area contributed by atoms with Crippen molar-refractivity contribution in [2.75, 3.05) is 13.1 Å². The monoisotopic (exact) mass is 339 g/mol. The molecule has 1 fully saturated rings. The lowest BCUT2D eigenvalue weighted by Crippen LogP contribution is -3.08. The van der Waals surface area contributed by atoms with Crippen molar-refractivity contribution in [1.29, 1.82) is 0 Å². The molecule has 2 nitrogen and oxygen atoms in total. The van der Waals surface area contributed by atoms with Crippen molar-refractivity contribution in [1.82, 2.24) is 0 Å². The Morgan fingerprint density at radius 3 is 1.62 bits per heavy atom. The van der Waals surface area contributed by atoms with Gasteiger partial charge in [-0.2, -0.15) is 0 Å². The standard InChI is InChI=1S/C22H45NO/c1-2-3-4-5-6-7-8-9-10-11-12-13-17-20-23(24)21-22-18-15-14-16-19-22/h22-23H,2-21H2,1H3. The maximum Gasteiger partial charge on any atom is 0.0796 e. The van der Waals surface area contributed by atoms with E-state index in [1.165, 1.54) is 109 Å². The summed E-state index contributed by atoms with van der Waals surface area (Å²) in [6.07, 6.45) is 24.7. The first kappa shape index (κ1) is 22.0. The SMILES string of the molecule is CCCCCCCCCCCCCCC[NH+]([O-])CC1CCCCC1. The van der Waals surface area contributed by atoms with Crippen LogP contribution in [0.1, 0.15) is 122 Å². The molecule has 1 N–H and O–H groups in total. The van der Waals surface area contributed by atoms with Crippen molar-refractivity contribution < 1.29 is 5.06 Å². The van der Waals surface area contributed by atoms with Crippen LogP contribution in [0, 0.1) is 11.1 Å². The Bertz CT molecular complexity index is 250. The van der Waals surface area contributed by atoms with E-state index < -0.39 is 0 Å². The molecule has 0 radical (unpaired) electrons. The van der Waals surface area contributed by atoms with Crippen molar-refractivity contribution in [3.63, 3.8) is 0 Å². The van der Waals surface area contributed by atoms with E-state index in [4.69, 9.17) is 0 Å². The molecule has 1 unspecified atom stereocenters. The number of hydrogen-bond donors (Lipinski definition) is 1. The molecule has 0 amide bonds. The van der Waals surface area contributed by atoms with Crippen LogP contribution in [0.25, 0.3) is 0 Å². The Labute approximate surface area is 152 Å². The van der Waals surface area contributed by atoms with Gasteiger partial charge in [-0.05, 0) is 25.7 Å². The van der Waals surface area contributed by atoms with Crippen LogP contribution in [-0.2, 0) is 0 Å². The summed E-state index contributed by atoms with van der Waals surface area (Å²) in [4.78, 5) is 0. The molecule has 24 heavy (non-hydrogen) atoms. The van der Waals surface area contributed by atoms with Gasteiger partial charge in [0.15, 0.2) is 0 Å². The van der Waals surface area contributed by atoms with Gasteiger partial charge < -0.3 is 10.3 Å². The number of hydrogen-bond acceptors (Lipinski definition) is 1. The lowest BCUT2D eigenvalue weighted by molar-refractivity contribution is -0.852. The molecule has 1 aliphatic rings. The van der Waals surface area contributed by atoms with E-state index in [9.17, 15) is 5.21 Å². The average Bonchev–Trinajstić information content (AvgIpc) is 2.60. The first-order valence-electron chi connectivity index (χ1n) is 11.3. The largest absolute Gasteiger partial charge is 0.634 e. The summed E-state index contributed by atoms with van der Waals surface area (Å²) in [7, 11) is 0. The smallest absolute Gasteiger partial charge is 0.0796 e. The van der Waals surface area contributed by atoms with Gasteiger partial charge in [0.2, 0.25) is 0 Å². The minimum atomic E-state index is 0.546. The number of unbranched alkanes of at least 4 members (excludes halogenated alkanes) is 12. The molecule has 0 heterocycles. The fraction of sp³-hybridized carbons (Fsp3) is 1.00. The predicted octanol–water partition coefficient (Wildman–Crippen LogP) is 6.04. The molecular weight excluding hydrogens is 294 g/mol. The van der Waals surface area contributed by atoms with Crippen LogP contribution in [0.3, 0.4) is 0 Å². The highest BCUT2D eigenvalue weighted by atomic mass is 16.5. The van der Waals surface area contributed by atoms with Crippen molar-refractivity contribution >= 4 is 0 Å². The molecule has 0 bridgehead atoms. The average molecular weight is 340 g/mol. The lowest BCUT2D eigenvalue weighted by Gasteiger charge is -2.29. The molecule has 0 spiro atoms. The molecule has 144 valence electrons. The van der Waals surface area contributed by atoms with Crippen molar-refractivity contribution in [3.8, 4) is 0 Å². The molecule has 1 rings (SSSR count). The molecule has 1 aliphatic carbocycles. The van der Waals surface area contributed by atoms with E-state index in [-0.39, 0.29) is 0 Å². The van der Waals surface area contributed by atoms with Crippen LogP contribution >= 0.6 is 0 Å². The topological polar surface area (TPSA) is 27.5 Å². The summed E-state index contributed by atoms with van der Waals surface area (Å²) in [6, 6.07) is 0. The van der Waals surface area contributed by atoms with E-state index in [1.54, 1.807) is 0 Å². The summed E-state index contributed by atoms with van der Waals surface area (Å²) in [6.45, 7) is 4.03. The number of quaternary nitrogens is 1. The zero-order valence-corrected chi connectivity index (χ0v) is 16.6. The lowest BCUT2D eigenvalue weighted by atomic mass is 9.89. The highest BCUT2D eigenvalue weighted by molar-refractivity contribution is 4.64. The van der Waals surface area contributed by atoms with Gasteiger partial charge in [-0.3, -0.25) is 0 Å². The van der Waals surface area contributed by atoms with E-state index >= 15 is 0 Å². The Hall–Kier alpha value is -0.0800. The maximum atomic E-state index is 12.0. The van der Waals surface area contributed by atoms with Crippen LogP contribution in [-0.4, -0.2) is 13.1 Å². The Balaban J connectivity index is 1.75. The molecule has 0 saturated heterocycles. The molecule has 0 aromatic carbocycles. The highest BCUT2D eigenvalue weighted by Gasteiger charge is 2.15. The van der Waals surface area contributed by atoms with Gasteiger partial charge >= 0.3 is 0 Å². The van der Waals surface area contributed by atoms with Gasteiger partial charge in [0, 0.05) is 5.92 Å². The fourth-order valence-electron chi connectivity index (χ4n) is 4.16. The summed E-state index contributed by atoms with van der Waals surface area (Å²) in [5, 5.41) is 12.6. The van der Waals surface area contributed by atoms with Gasteiger partial charge in [0.1, 0.15) is 0 Å². The minimum Gasteiger partial charge on any atom is -0.634 e. The van der Waals surface area contributed by atoms with Gasteiger partial charge in [0.25, 0.3) is 0 Å². The molecule has 1 saturated carbocycles. The molecule has 1 atom stereocenters. The van der Waals surface area contributed by atoms with Gasteiger partial charge in [-0.25, -0.2) is 0 Å². The molecule has 0 aromatic rings. The van der Waals surface area contributed by atoms with E-state index in [0.717, 1.165) is 25.4 Å². The molecule has 0 aromatic heterocycles. The van der Waals surface area contributed by atoms with Crippen molar-refractivity contribution in [2.24, 2.45) is 5.92 Å². The zero-order valence-electron chi connectivity index (χ0n) is 16.6. The quantitative estimate of drug-likeness (QED) is 0.269.